The van der Waals surface area contributed by atoms with E-state index >= 15 is 0 Å². The molecule has 0 unspecified atom stereocenters. The number of ether oxygens (including phenoxy) is 1. The van der Waals surface area contributed by atoms with Crippen molar-refractivity contribution in [2.45, 2.75) is 51.6 Å². The van der Waals surface area contributed by atoms with Crippen LogP contribution in [0.3, 0.4) is 0 Å². The first-order chi connectivity index (χ1) is 9.72. The highest BCUT2D eigenvalue weighted by atomic mass is 16.5. The Labute approximate surface area is 121 Å². The number of hydrogen-bond donors (Lipinski definition) is 0. The van der Waals surface area contributed by atoms with Crippen LogP contribution in [-0.2, 0) is 0 Å². The van der Waals surface area contributed by atoms with Crippen LogP contribution in [0.15, 0.2) is 24.3 Å². The van der Waals surface area contributed by atoms with Crippen molar-refractivity contribution in [3.8, 4) is 5.75 Å². The maximum Gasteiger partial charge on any atom is 0.153 e. The minimum absolute atomic E-state index is 0.632. The van der Waals surface area contributed by atoms with E-state index in [1.807, 2.05) is 18.2 Å². The topological polar surface area (TPSA) is 29.5 Å². The van der Waals surface area contributed by atoms with Gasteiger partial charge >= 0.3 is 0 Å². The van der Waals surface area contributed by atoms with Crippen molar-refractivity contribution in [2.24, 2.45) is 0 Å². The van der Waals surface area contributed by atoms with Gasteiger partial charge in [0.15, 0.2) is 6.29 Å². The van der Waals surface area contributed by atoms with Gasteiger partial charge in [-0.05, 0) is 45.2 Å². The maximum atomic E-state index is 10.9. The van der Waals surface area contributed by atoms with E-state index < -0.39 is 0 Å². The molecule has 0 saturated carbocycles. The Kier molecular flexibility index (Phi) is 5.60. The first-order valence-corrected chi connectivity index (χ1v) is 7.65. The van der Waals surface area contributed by atoms with E-state index in [4.69, 9.17) is 4.74 Å². The summed E-state index contributed by atoms with van der Waals surface area (Å²) in [5, 5.41) is 0. The minimum atomic E-state index is 0.632. The summed E-state index contributed by atoms with van der Waals surface area (Å²) in [7, 11) is 0. The van der Waals surface area contributed by atoms with Crippen LogP contribution in [0, 0.1) is 0 Å². The SMILES string of the molecule is C[C@@H]1CCC[C@H](C)N1CCCOc1ccccc1C=O. The third-order valence-corrected chi connectivity index (χ3v) is 4.24. The number of rotatable bonds is 6. The third-order valence-electron chi connectivity index (χ3n) is 4.24. The molecule has 0 bridgehead atoms. The Balaban J connectivity index is 1.77. The molecule has 1 aliphatic heterocycles. The zero-order chi connectivity index (χ0) is 14.4. The molecule has 0 spiro atoms. The first-order valence-electron chi connectivity index (χ1n) is 7.65. The van der Waals surface area contributed by atoms with Gasteiger partial charge in [0.05, 0.1) is 12.2 Å². The highest BCUT2D eigenvalue weighted by Gasteiger charge is 2.23. The lowest BCUT2D eigenvalue weighted by atomic mass is 9.97. The van der Waals surface area contributed by atoms with Crippen LogP contribution in [0.4, 0.5) is 0 Å². The highest BCUT2D eigenvalue weighted by molar-refractivity contribution is 5.79. The highest BCUT2D eigenvalue weighted by Crippen LogP contribution is 2.22. The molecule has 0 aromatic heterocycles. The molecule has 3 nitrogen and oxygen atoms in total. The van der Waals surface area contributed by atoms with Gasteiger partial charge < -0.3 is 4.74 Å². The Morgan fingerprint density at radius 3 is 2.65 bits per heavy atom. The molecule has 1 aliphatic rings. The van der Waals surface area contributed by atoms with Gasteiger partial charge in [-0.15, -0.1) is 0 Å². The van der Waals surface area contributed by atoms with E-state index in [-0.39, 0.29) is 0 Å². The number of piperidine rings is 1. The average molecular weight is 275 g/mol. The van der Waals surface area contributed by atoms with E-state index in [9.17, 15) is 4.79 Å². The molecule has 2 atom stereocenters. The largest absolute Gasteiger partial charge is 0.493 e. The number of likely N-dealkylation sites (tertiary alicyclic amines) is 1. The van der Waals surface area contributed by atoms with Crippen molar-refractivity contribution in [2.75, 3.05) is 13.2 Å². The van der Waals surface area contributed by atoms with Gasteiger partial charge in [-0.25, -0.2) is 0 Å². The summed E-state index contributed by atoms with van der Waals surface area (Å²) in [6.07, 6.45) is 5.81. The van der Waals surface area contributed by atoms with Crippen molar-refractivity contribution in [1.29, 1.82) is 0 Å². The fraction of sp³-hybridized carbons (Fsp3) is 0.588. The summed E-state index contributed by atoms with van der Waals surface area (Å²) < 4.78 is 5.73. The lowest BCUT2D eigenvalue weighted by molar-refractivity contribution is 0.0959. The van der Waals surface area contributed by atoms with Crippen LogP contribution in [0.25, 0.3) is 0 Å². The number of para-hydroxylation sites is 1. The van der Waals surface area contributed by atoms with E-state index in [0.717, 1.165) is 19.3 Å². The number of nitrogens with zero attached hydrogens (tertiary/aromatic N) is 1. The van der Waals surface area contributed by atoms with Gasteiger partial charge in [0.25, 0.3) is 0 Å². The summed E-state index contributed by atoms with van der Waals surface area (Å²) in [5.41, 5.74) is 0.632. The Hall–Kier alpha value is -1.35. The van der Waals surface area contributed by atoms with Gasteiger partial charge in [-0.2, -0.15) is 0 Å². The van der Waals surface area contributed by atoms with Crippen molar-refractivity contribution in [1.82, 2.24) is 4.90 Å². The lowest BCUT2D eigenvalue weighted by Gasteiger charge is -2.39. The van der Waals surface area contributed by atoms with Crippen molar-refractivity contribution in [3.63, 3.8) is 0 Å². The maximum absolute atomic E-state index is 10.9. The molecule has 1 fully saturated rings. The molecule has 1 aromatic rings. The Morgan fingerprint density at radius 2 is 1.95 bits per heavy atom. The third kappa shape index (κ3) is 3.83. The number of aldehydes is 1. The zero-order valence-electron chi connectivity index (χ0n) is 12.5. The van der Waals surface area contributed by atoms with Crippen LogP contribution >= 0.6 is 0 Å². The summed E-state index contributed by atoms with van der Waals surface area (Å²) in [6.45, 7) is 6.38. The van der Waals surface area contributed by atoms with Gasteiger partial charge in [-0.1, -0.05) is 18.6 Å². The monoisotopic (exact) mass is 275 g/mol. The number of carbonyl (C=O) groups excluding carboxylic acids is 1. The quantitative estimate of drug-likeness (QED) is 0.587. The summed E-state index contributed by atoms with van der Waals surface area (Å²) >= 11 is 0. The molecule has 0 radical (unpaired) electrons. The first kappa shape index (κ1) is 15.0. The number of carbonyl (C=O) groups is 1. The molecule has 0 amide bonds. The van der Waals surface area contributed by atoms with E-state index in [2.05, 4.69) is 18.7 Å². The molecule has 0 aliphatic carbocycles. The molecule has 20 heavy (non-hydrogen) atoms. The van der Waals surface area contributed by atoms with Crippen LogP contribution in [0.5, 0.6) is 5.75 Å². The summed E-state index contributed by atoms with van der Waals surface area (Å²) in [6, 6.07) is 8.76. The lowest BCUT2D eigenvalue weighted by Crippen LogP contribution is -2.44. The Morgan fingerprint density at radius 1 is 1.25 bits per heavy atom. The second-order valence-corrected chi connectivity index (χ2v) is 5.72. The van der Waals surface area contributed by atoms with Gasteiger partial charge in [0, 0.05) is 18.6 Å². The van der Waals surface area contributed by atoms with Gasteiger partial charge in [0.2, 0.25) is 0 Å². The second kappa shape index (κ2) is 7.44. The average Bonchev–Trinajstić information content (AvgIpc) is 2.46. The van der Waals surface area contributed by atoms with Crippen LogP contribution < -0.4 is 4.74 Å². The molecule has 2 rings (SSSR count). The fourth-order valence-electron chi connectivity index (χ4n) is 3.05. The number of hydrogen-bond acceptors (Lipinski definition) is 3. The van der Waals surface area contributed by atoms with Crippen LogP contribution in [0.2, 0.25) is 0 Å². The molecule has 110 valence electrons. The summed E-state index contributed by atoms with van der Waals surface area (Å²) in [5.74, 6) is 0.697. The van der Waals surface area contributed by atoms with Crippen LogP contribution in [0.1, 0.15) is 49.9 Å². The van der Waals surface area contributed by atoms with Crippen molar-refractivity contribution in [3.05, 3.63) is 29.8 Å². The van der Waals surface area contributed by atoms with Crippen molar-refractivity contribution < 1.29 is 9.53 Å². The predicted molar refractivity (Wildman–Crippen MR) is 81.4 cm³/mol. The molecule has 1 saturated heterocycles. The van der Waals surface area contributed by atoms with Crippen molar-refractivity contribution >= 4 is 6.29 Å². The van der Waals surface area contributed by atoms with E-state index in [0.29, 0.717) is 30.0 Å². The standard InChI is InChI=1S/C17H25NO2/c1-14-7-5-8-15(2)18(14)11-6-12-20-17-10-4-3-9-16(17)13-19/h3-4,9-10,13-15H,5-8,11-12H2,1-2H3/t14-,15+. The van der Waals surface area contributed by atoms with Crippen LogP contribution in [-0.4, -0.2) is 36.4 Å². The molecule has 1 aromatic carbocycles. The van der Waals surface area contributed by atoms with E-state index in [1.54, 1.807) is 6.07 Å². The van der Waals surface area contributed by atoms with E-state index in [1.165, 1.54) is 19.3 Å². The summed E-state index contributed by atoms with van der Waals surface area (Å²) in [4.78, 5) is 13.5. The normalized spacial score (nSPS) is 23.5. The number of benzene rings is 1. The zero-order valence-corrected chi connectivity index (χ0v) is 12.5. The smallest absolute Gasteiger partial charge is 0.153 e. The van der Waals surface area contributed by atoms with Gasteiger partial charge in [0.1, 0.15) is 5.75 Å². The minimum Gasteiger partial charge on any atom is -0.493 e. The molecule has 3 heteroatoms. The predicted octanol–water partition coefficient (Wildman–Crippen LogP) is 3.53. The fourth-order valence-corrected chi connectivity index (χ4v) is 3.05. The Bertz CT molecular complexity index is 423. The molecular formula is C17H25NO2. The van der Waals surface area contributed by atoms with Gasteiger partial charge in [-0.3, -0.25) is 9.69 Å². The second-order valence-electron chi connectivity index (χ2n) is 5.72. The molecule has 0 N–H and O–H groups in total. The molecule has 1 heterocycles. The molecular weight excluding hydrogens is 250 g/mol.